The summed E-state index contributed by atoms with van der Waals surface area (Å²) in [6, 6.07) is 7.51. The number of nitrogens with zero attached hydrogens (tertiary/aromatic N) is 6. The first-order chi connectivity index (χ1) is 14.1. The summed E-state index contributed by atoms with van der Waals surface area (Å²) in [5.74, 6) is 1.33. The highest BCUT2D eigenvalue weighted by molar-refractivity contribution is 7.13. The van der Waals surface area contributed by atoms with Gasteiger partial charge in [0.05, 0.1) is 11.8 Å². The van der Waals surface area contributed by atoms with E-state index in [1.807, 2.05) is 43.0 Å². The van der Waals surface area contributed by atoms with Gasteiger partial charge in [-0.2, -0.15) is 0 Å². The predicted octanol–water partition coefficient (Wildman–Crippen LogP) is 2.74. The minimum Gasteiger partial charge on any atom is -0.475 e. The number of rotatable bonds is 5. The van der Waals surface area contributed by atoms with E-state index in [4.69, 9.17) is 4.74 Å². The van der Waals surface area contributed by atoms with Gasteiger partial charge in [-0.05, 0) is 26.0 Å². The number of ether oxygens (including phenoxy) is 1. The Morgan fingerprint density at radius 1 is 1.14 bits per heavy atom. The first-order valence-corrected chi connectivity index (χ1v) is 10.4. The molecule has 0 N–H and O–H groups in total. The molecule has 1 aliphatic heterocycles. The van der Waals surface area contributed by atoms with Crippen LogP contribution >= 0.6 is 11.3 Å². The fraction of sp³-hybridized carbons (Fsp3) is 0.350. The largest absolute Gasteiger partial charge is 0.475 e. The summed E-state index contributed by atoms with van der Waals surface area (Å²) < 4.78 is 5.65. The van der Waals surface area contributed by atoms with Gasteiger partial charge < -0.3 is 14.5 Å². The molecule has 9 heteroatoms. The van der Waals surface area contributed by atoms with Crippen LogP contribution in [0, 0.1) is 0 Å². The fourth-order valence-corrected chi connectivity index (χ4v) is 3.86. The molecule has 4 rings (SSSR count). The number of anilines is 1. The van der Waals surface area contributed by atoms with Crippen molar-refractivity contribution in [3.63, 3.8) is 0 Å². The van der Waals surface area contributed by atoms with Crippen molar-refractivity contribution in [3.05, 3.63) is 47.9 Å². The molecule has 0 radical (unpaired) electrons. The van der Waals surface area contributed by atoms with Crippen molar-refractivity contribution in [2.24, 2.45) is 0 Å². The van der Waals surface area contributed by atoms with Crippen LogP contribution in [0.1, 0.15) is 24.3 Å². The molecule has 1 amide bonds. The standard InChI is InChI=1S/C20H22N6O2S/c1-14(2)28-18-11-17(22-13-23-18)25-7-9-26(10-8-25)20(27)16-12-29-19(24-16)15-5-3-4-6-21-15/h3-6,11-14H,7-10H2,1-2H3. The molecule has 8 nitrogen and oxygen atoms in total. The molecule has 3 aromatic heterocycles. The Balaban J connectivity index is 1.38. The van der Waals surface area contributed by atoms with E-state index in [2.05, 4.69) is 24.8 Å². The second-order valence-electron chi connectivity index (χ2n) is 6.91. The molecule has 3 aromatic rings. The van der Waals surface area contributed by atoms with Gasteiger partial charge in [0.15, 0.2) is 0 Å². The summed E-state index contributed by atoms with van der Waals surface area (Å²) >= 11 is 1.44. The maximum absolute atomic E-state index is 12.8. The van der Waals surface area contributed by atoms with Crippen LogP contribution < -0.4 is 9.64 Å². The smallest absolute Gasteiger partial charge is 0.273 e. The molecule has 0 aliphatic carbocycles. The van der Waals surface area contributed by atoms with Gasteiger partial charge in [0.25, 0.3) is 5.91 Å². The van der Waals surface area contributed by atoms with Crippen LogP contribution in [-0.2, 0) is 0 Å². The van der Waals surface area contributed by atoms with Gasteiger partial charge in [0.2, 0.25) is 5.88 Å². The third-order valence-electron chi connectivity index (χ3n) is 4.48. The van der Waals surface area contributed by atoms with E-state index in [1.54, 1.807) is 11.6 Å². The minimum absolute atomic E-state index is 0.0467. The molecule has 0 aromatic carbocycles. The Labute approximate surface area is 173 Å². The van der Waals surface area contributed by atoms with Gasteiger partial charge in [-0.1, -0.05) is 6.07 Å². The van der Waals surface area contributed by atoms with Crippen LogP contribution in [0.25, 0.3) is 10.7 Å². The first kappa shape index (κ1) is 19.3. The van der Waals surface area contributed by atoms with E-state index in [9.17, 15) is 4.79 Å². The number of hydrogen-bond donors (Lipinski definition) is 0. The molecule has 4 heterocycles. The lowest BCUT2D eigenvalue weighted by atomic mass is 10.3. The average molecular weight is 411 g/mol. The highest BCUT2D eigenvalue weighted by Crippen LogP contribution is 2.23. The Morgan fingerprint density at radius 2 is 1.97 bits per heavy atom. The Bertz CT molecular complexity index is 970. The van der Waals surface area contributed by atoms with Crippen molar-refractivity contribution in [3.8, 4) is 16.6 Å². The van der Waals surface area contributed by atoms with Crippen molar-refractivity contribution in [1.82, 2.24) is 24.8 Å². The number of hydrogen-bond acceptors (Lipinski definition) is 8. The molecular weight excluding hydrogens is 388 g/mol. The van der Waals surface area contributed by atoms with Gasteiger partial charge >= 0.3 is 0 Å². The number of amides is 1. The van der Waals surface area contributed by atoms with Gasteiger partial charge in [0.1, 0.15) is 22.8 Å². The number of pyridine rings is 1. The Kier molecular flexibility index (Phi) is 5.66. The summed E-state index contributed by atoms with van der Waals surface area (Å²) in [4.78, 5) is 34.1. The molecule has 0 spiro atoms. The maximum atomic E-state index is 12.8. The van der Waals surface area contributed by atoms with E-state index >= 15 is 0 Å². The normalized spacial score (nSPS) is 14.3. The topological polar surface area (TPSA) is 84.3 Å². The molecule has 29 heavy (non-hydrogen) atoms. The maximum Gasteiger partial charge on any atom is 0.273 e. The van der Waals surface area contributed by atoms with E-state index in [1.165, 1.54) is 17.7 Å². The Morgan fingerprint density at radius 3 is 2.69 bits per heavy atom. The number of piperazine rings is 1. The number of aromatic nitrogens is 4. The molecule has 1 saturated heterocycles. The van der Waals surface area contributed by atoms with E-state index < -0.39 is 0 Å². The zero-order valence-electron chi connectivity index (χ0n) is 16.4. The van der Waals surface area contributed by atoms with Gasteiger partial charge in [-0.15, -0.1) is 11.3 Å². The van der Waals surface area contributed by atoms with Crippen LogP contribution in [0.5, 0.6) is 5.88 Å². The monoisotopic (exact) mass is 410 g/mol. The van der Waals surface area contributed by atoms with Crippen molar-refractivity contribution in [1.29, 1.82) is 0 Å². The van der Waals surface area contributed by atoms with Crippen molar-refractivity contribution in [2.75, 3.05) is 31.1 Å². The Hall–Kier alpha value is -3.07. The van der Waals surface area contributed by atoms with Gasteiger partial charge in [-0.25, -0.2) is 15.0 Å². The van der Waals surface area contributed by atoms with E-state index in [0.29, 0.717) is 37.8 Å². The van der Waals surface area contributed by atoms with Crippen LogP contribution in [0.2, 0.25) is 0 Å². The van der Waals surface area contributed by atoms with E-state index in [-0.39, 0.29) is 12.0 Å². The molecule has 0 bridgehead atoms. The molecule has 1 fully saturated rings. The molecule has 0 atom stereocenters. The summed E-state index contributed by atoms with van der Waals surface area (Å²) in [5, 5.41) is 2.56. The minimum atomic E-state index is -0.0467. The second kappa shape index (κ2) is 8.52. The zero-order chi connectivity index (χ0) is 20.2. The lowest BCUT2D eigenvalue weighted by molar-refractivity contribution is 0.0741. The summed E-state index contributed by atoms with van der Waals surface area (Å²) in [5.41, 5.74) is 1.25. The third-order valence-corrected chi connectivity index (χ3v) is 5.35. The van der Waals surface area contributed by atoms with Crippen LogP contribution in [0.15, 0.2) is 42.2 Å². The number of carbonyl (C=O) groups is 1. The van der Waals surface area contributed by atoms with Gasteiger partial charge in [-0.3, -0.25) is 9.78 Å². The zero-order valence-corrected chi connectivity index (χ0v) is 17.2. The molecule has 0 unspecified atom stereocenters. The predicted molar refractivity (Wildman–Crippen MR) is 111 cm³/mol. The van der Waals surface area contributed by atoms with Gasteiger partial charge in [0, 0.05) is 43.8 Å². The van der Waals surface area contributed by atoms with Crippen molar-refractivity contribution >= 4 is 23.1 Å². The SMILES string of the molecule is CC(C)Oc1cc(N2CCN(C(=O)c3csc(-c4ccccn4)n3)CC2)ncn1. The highest BCUT2D eigenvalue weighted by atomic mass is 32.1. The summed E-state index contributed by atoms with van der Waals surface area (Å²) in [7, 11) is 0. The van der Waals surface area contributed by atoms with E-state index in [0.717, 1.165) is 16.5 Å². The number of thiazole rings is 1. The lowest BCUT2D eigenvalue weighted by Gasteiger charge is -2.35. The molecular formula is C20H22N6O2S. The van der Waals surface area contributed by atoms with Crippen LogP contribution in [-0.4, -0.2) is 63.0 Å². The third kappa shape index (κ3) is 4.51. The number of carbonyl (C=O) groups excluding carboxylic acids is 1. The lowest BCUT2D eigenvalue weighted by Crippen LogP contribution is -2.49. The molecule has 1 aliphatic rings. The van der Waals surface area contributed by atoms with Crippen LogP contribution in [0.3, 0.4) is 0 Å². The van der Waals surface area contributed by atoms with Crippen molar-refractivity contribution in [2.45, 2.75) is 20.0 Å². The van der Waals surface area contributed by atoms with Crippen LogP contribution in [0.4, 0.5) is 5.82 Å². The summed E-state index contributed by atoms with van der Waals surface area (Å²) in [6.45, 7) is 6.54. The fourth-order valence-electron chi connectivity index (χ4n) is 3.09. The quantitative estimate of drug-likeness (QED) is 0.639. The molecule has 150 valence electrons. The first-order valence-electron chi connectivity index (χ1n) is 9.50. The second-order valence-corrected chi connectivity index (χ2v) is 7.77. The highest BCUT2D eigenvalue weighted by Gasteiger charge is 2.25. The average Bonchev–Trinajstić information content (AvgIpc) is 3.24. The molecule has 0 saturated carbocycles. The van der Waals surface area contributed by atoms with Crippen molar-refractivity contribution < 1.29 is 9.53 Å². The summed E-state index contributed by atoms with van der Waals surface area (Å²) in [6.07, 6.45) is 3.29.